The van der Waals surface area contributed by atoms with Gasteiger partial charge >= 0.3 is 0 Å². The summed E-state index contributed by atoms with van der Waals surface area (Å²) in [4.78, 5) is 2.40. The minimum atomic E-state index is -0.337. The van der Waals surface area contributed by atoms with E-state index in [-0.39, 0.29) is 17.4 Å². The van der Waals surface area contributed by atoms with E-state index in [0.717, 1.165) is 19.5 Å². The van der Waals surface area contributed by atoms with E-state index in [1.54, 1.807) is 12.1 Å². The monoisotopic (exact) mass is 280 g/mol. The van der Waals surface area contributed by atoms with E-state index >= 15 is 0 Å². The first-order chi connectivity index (χ1) is 9.52. The molecule has 0 aliphatic carbocycles. The molecule has 0 spiro atoms. The van der Waals surface area contributed by atoms with Gasteiger partial charge in [0.1, 0.15) is 11.6 Å². The lowest BCUT2D eigenvalue weighted by Crippen LogP contribution is -2.52. The van der Waals surface area contributed by atoms with Gasteiger partial charge in [-0.3, -0.25) is 4.90 Å². The summed E-state index contributed by atoms with van der Waals surface area (Å²) in [5.41, 5.74) is 6.80. The number of hydrogen-bond acceptors (Lipinski definition) is 3. The lowest BCUT2D eigenvalue weighted by Gasteiger charge is -2.43. The van der Waals surface area contributed by atoms with Gasteiger partial charge in [0.25, 0.3) is 0 Å². The van der Waals surface area contributed by atoms with E-state index in [4.69, 9.17) is 10.5 Å². The van der Waals surface area contributed by atoms with Crippen LogP contribution in [0.25, 0.3) is 0 Å². The molecule has 0 radical (unpaired) electrons. The largest absolute Gasteiger partial charge is 0.497 e. The topological polar surface area (TPSA) is 38.5 Å². The second kappa shape index (κ2) is 6.10. The third-order valence-corrected chi connectivity index (χ3v) is 4.76. The Morgan fingerprint density at radius 2 is 2.05 bits per heavy atom. The molecular weight excluding hydrogens is 255 g/mol. The summed E-state index contributed by atoms with van der Waals surface area (Å²) in [5.74, 6) is 0.244. The fourth-order valence-corrected chi connectivity index (χ4v) is 3.09. The average molecular weight is 280 g/mol. The number of halogens is 1. The van der Waals surface area contributed by atoms with Crippen molar-refractivity contribution in [2.45, 2.75) is 44.7 Å². The molecule has 1 aromatic carbocycles. The highest BCUT2D eigenvalue weighted by molar-refractivity contribution is 5.32. The van der Waals surface area contributed by atoms with Crippen LogP contribution in [0.4, 0.5) is 4.39 Å². The molecule has 20 heavy (non-hydrogen) atoms. The minimum Gasteiger partial charge on any atom is -0.497 e. The number of methoxy groups -OCH3 is 1. The van der Waals surface area contributed by atoms with Gasteiger partial charge in [-0.1, -0.05) is 13.0 Å². The Labute approximate surface area is 120 Å². The van der Waals surface area contributed by atoms with Crippen LogP contribution in [-0.2, 0) is 0 Å². The van der Waals surface area contributed by atoms with Gasteiger partial charge < -0.3 is 10.5 Å². The van der Waals surface area contributed by atoms with Crippen molar-refractivity contribution in [2.24, 2.45) is 5.73 Å². The predicted molar refractivity (Wildman–Crippen MR) is 79.4 cm³/mol. The maximum Gasteiger partial charge on any atom is 0.131 e. The third-order valence-electron chi connectivity index (χ3n) is 4.76. The SMILES string of the molecule is CCC(C)(C(N)c1ccc(OC)cc1F)N1CCCC1. The van der Waals surface area contributed by atoms with Crippen molar-refractivity contribution in [3.05, 3.63) is 29.6 Å². The molecule has 0 bridgehead atoms. The smallest absolute Gasteiger partial charge is 0.131 e. The number of nitrogens with zero attached hydrogens (tertiary/aromatic N) is 1. The molecule has 3 nitrogen and oxygen atoms in total. The fraction of sp³-hybridized carbons (Fsp3) is 0.625. The van der Waals surface area contributed by atoms with Crippen LogP contribution in [0.5, 0.6) is 5.75 Å². The van der Waals surface area contributed by atoms with E-state index in [1.165, 1.54) is 26.0 Å². The van der Waals surface area contributed by atoms with E-state index in [9.17, 15) is 4.39 Å². The Bertz CT molecular complexity index is 460. The van der Waals surface area contributed by atoms with Gasteiger partial charge in [-0.2, -0.15) is 0 Å². The van der Waals surface area contributed by atoms with E-state index in [0.29, 0.717) is 11.3 Å². The Hall–Kier alpha value is -1.13. The molecule has 2 N–H and O–H groups in total. The third kappa shape index (κ3) is 2.67. The minimum absolute atomic E-state index is 0.202. The molecule has 1 heterocycles. The van der Waals surface area contributed by atoms with Crippen LogP contribution in [0.2, 0.25) is 0 Å². The summed E-state index contributed by atoms with van der Waals surface area (Å²) in [5, 5.41) is 0. The van der Waals surface area contributed by atoms with Crippen LogP contribution in [0.15, 0.2) is 18.2 Å². The maximum absolute atomic E-state index is 14.3. The Morgan fingerprint density at radius 1 is 1.40 bits per heavy atom. The number of ether oxygens (including phenoxy) is 1. The fourth-order valence-electron chi connectivity index (χ4n) is 3.09. The van der Waals surface area contributed by atoms with E-state index in [2.05, 4.69) is 18.7 Å². The number of likely N-dealkylation sites (tertiary alicyclic amines) is 1. The van der Waals surface area contributed by atoms with E-state index < -0.39 is 0 Å². The summed E-state index contributed by atoms with van der Waals surface area (Å²) in [6, 6.07) is 4.60. The standard InChI is InChI=1S/C16H25FN2O/c1-4-16(2,19-9-5-6-10-19)15(18)13-8-7-12(20-3)11-14(13)17/h7-8,11,15H,4-6,9-10,18H2,1-3H3. The summed E-state index contributed by atoms with van der Waals surface area (Å²) < 4.78 is 19.3. The van der Waals surface area contributed by atoms with Gasteiger partial charge in [-0.15, -0.1) is 0 Å². The molecule has 0 saturated carbocycles. The molecule has 2 rings (SSSR count). The van der Waals surface area contributed by atoms with Gasteiger partial charge in [0.05, 0.1) is 13.2 Å². The highest BCUT2D eigenvalue weighted by Gasteiger charge is 2.39. The zero-order valence-corrected chi connectivity index (χ0v) is 12.7. The summed E-state index contributed by atoms with van der Waals surface area (Å²) in [7, 11) is 1.54. The van der Waals surface area contributed by atoms with Crippen molar-refractivity contribution >= 4 is 0 Å². The van der Waals surface area contributed by atoms with Gasteiger partial charge in [-0.05, 0) is 45.3 Å². The highest BCUT2D eigenvalue weighted by Crippen LogP contribution is 2.36. The molecule has 1 fully saturated rings. The lowest BCUT2D eigenvalue weighted by molar-refractivity contribution is 0.0985. The van der Waals surface area contributed by atoms with Crippen LogP contribution >= 0.6 is 0 Å². The van der Waals surface area contributed by atoms with Crippen LogP contribution in [0, 0.1) is 5.82 Å². The molecular formula is C16H25FN2O. The number of rotatable bonds is 5. The summed E-state index contributed by atoms with van der Waals surface area (Å²) in [6.45, 7) is 6.37. The molecule has 4 heteroatoms. The number of hydrogen-bond donors (Lipinski definition) is 1. The Morgan fingerprint density at radius 3 is 2.55 bits per heavy atom. The van der Waals surface area contributed by atoms with Crippen LogP contribution in [0.3, 0.4) is 0 Å². The lowest BCUT2D eigenvalue weighted by atomic mass is 9.83. The predicted octanol–water partition coefficient (Wildman–Crippen LogP) is 3.10. The van der Waals surface area contributed by atoms with Gasteiger partial charge in [0.15, 0.2) is 0 Å². The Balaban J connectivity index is 2.30. The molecule has 2 unspecified atom stereocenters. The quantitative estimate of drug-likeness (QED) is 0.900. The maximum atomic E-state index is 14.3. The number of benzene rings is 1. The van der Waals surface area contributed by atoms with Crippen molar-refractivity contribution in [2.75, 3.05) is 20.2 Å². The first kappa shape index (κ1) is 15.3. The molecule has 1 aliphatic heterocycles. The van der Waals surface area contributed by atoms with Gasteiger partial charge in [0, 0.05) is 17.2 Å². The van der Waals surface area contributed by atoms with Crippen LogP contribution in [0.1, 0.15) is 44.7 Å². The zero-order valence-electron chi connectivity index (χ0n) is 12.7. The van der Waals surface area contributed by atoms with Crippen molar-refractivity contribution in [3.8, 4) is 5.75 Å². The second-order valence-corrected chi connectivity index (χ2v) is 5.77. The van der Waals surface area contributed by atoms with Crippen molar-refractivity contribution in [1.82, 2.24) is 4.90 Å². The summed E-state index contributed by atoms with van der Waals surface area (Å²) >= 11 is 0. The van der Waals surface area contributed by atoms with Crippen LogP contribution < -0.4 is 10.5 Å². The normalized spacial score (nSPS) is 20.6. The van der Waals surface area contributed by atoms with Crippen molar-refractivity contribution in [1.29, 1.82) is 0 Å². The molecule has 0 aromatic heterocycles. The van der Waals surface area contributed by atoms with Crippen molar-refractivity contribution < 1.29 is 9.13 Å². The highest BCUT2D eigenvalue weighted by atomic mass is 19.1. The molecule has 1 aromatic rings. The molecule has 1 saturated heterocycles. The Kier molecular flexibility index (Phi) is 4.66. The first-order valence-corrected chi connectivity index (χ1v) is 7.37. The van der Waals surface area contributed by atoms with Crippen LogP contribution in [-0.4, -0.2) is 30.6 Å². The molecule has 112 valence electrons. The van der Waals surface area contributed by atoms with Gasteiger partial charge in [0.2, 0.25) is 0 Å². The van der Waals surface area contributed by atoms with E-state index in [1.807, 2.05) is 0 Å². The number of nitrogens with two attached hydrogens (primary N) is 1. The van der Waals surface area contributed by atoms with Gasteiger partial charge in [-0.25, -0.2) is 4.39 Å². The average Bonchev–Trinajstić information content (AvgIpc) is 3.00. The second-order valence-electron chi connectivity index (χ2n) is 5.77. The molecule has 2 atom stereocenters. The molecule has 1 aliphatic rings. The van der Waals surface area contributed by atoms with Crippen molar-refractivity contribution in [3.63, 3.8) is 0 Å². The first-order valence-electron chi connectivity index (χ1n) is 7.37. The summed E-state index contributed by atoms with van der Waals surface area (Å²) in [6.07, 6.45) is 3.31. The zero-order chi connectivity index (χ0) is 14.8. The molecule has 0 amide bonds.